The van der Waals surface area contributed by atoms with Gasteiger partial charge in [0.25, 0.3) is 0 Å². The summed E-state index contributed by atoms with van der Waals surface area (Å²) >= 11 is 1.72. The molecule has 2 saturated heterocycles. The second-order valence-electron chi connectivity index (χ2n) is 9.28. The lowest BCUT2D eigenvalue weighted by Gasteiger charge is -2.38. The van der Waals surface area contributed by atoms with E-state index in [1.807, 2.05) is 4.90 Å². The Morgan fingerprint density at radius 1 is 1.11 bits per heavy atom. The van der Waals surface area contributed by atoms with Crippen molar-refractivity contribution in [2.45, 2.75) is 57.5 Å². The van der Waals surface area contributed by atoms with Gasteiger partial charge in [-0.2, -0.15) is 16.1 Å². The van der Waals surface area contributed by atoms with Gasteiger partial charge in [0.2, 0.25) is 15.9 Å². The normalized spacial score (nSPS) is 20.4. The van der Waals surface area contributed by atoms with Crippen molar-refractivity contribution >= 4 is 27.7 Å². The Morgan fingerprint density at radius 3 is 2.31 bits per heavy atom. The van der Waals surface area contributed by atoms with Crippen LogP contribution in [0.25, 0.3) is 0 Å². The van der Waals surface area contributed by atoms with Crippen LogP contribution >= 0.6 is 11.8 Å². The molecule has 35 heavy (non-hydrogen) atoms. The molecule has 1 aromatic carbocycles. The number of aryl methyl sites for hydroxylation is 2. The first-order chi connectivity index (χ1) is 16.7. The minimum Gasteiger partial charge on any atom is -0.497 e. The lowest BCUT2D eigenvalue weighted by Crippen LogP contribution is -2.49. The Hall–Kier alpha value is -1.33. The van der Waals surface area contributed by atoms with Crippen molar-refractivity contribution in [3.8, 4) is 5.75 Å². The third-order valence-corrected chi connectivity index (χ3v) is 10.4. The lowest BCUT2D eigenvalue weighted by atomic mass is 10.0. The number of benzene rings is 1. The van der Waals surface area contributed by atoms with E-state index < -0.39 is 10.0 Å². The Labute approximate surface area is 215 Å². The molecule has 0 aliphatic carbocycles. The van der Waals surface area contributed by atoms with E-state index in [0.29, 0.717) is 40.1 Å². The number of rotatable bonds is 10. The number of amides is 1. The predicted molar refractivity (Wildman–Crippen MR) is 141 cm³/mol. The maximum absolute atomic E-state index is 13.7. The summed E-state index contributed by atoms with van der Waals surface area (Å²) in [5.41, 5.74) is 1.34. The molecule has 0 bridgehead atoms. The van der Waals surface area contributed by atoms with Crippen molar-refractivity contribution in [3.63, 3.8) is 0 Å². The smallest absolute Gasteiger partial charge is 0.248 e. The van der Waals surface area contributed by atoms with Gasteiger partial charge in [-0.25, -0.2) is 8.42 Å². The van der Waals surface area contributed by atoms with Crippen molar-refractivity contribution in [2.24, 2.45) is 0 Å². The Bertz CT molecular complexity index is 937. The molecule has 0 N–H and O–H groups in total. The molecule has 10 heteroatoms. The van der Waals surface area contributed by atoms with Gasteiger partial charge >= 0.3 is 0 Å². The number of sulfonamides is 1. The fourth-order valence-corrected chi connectivity index (χ4v) is 8.51. The summed E-state index contributed by atoms with van der Waals surface area (Å²) in [5.74, 6) is 2.02. The van der Waals surface area contributed by atoms with Crippen LogP contribution in [-0.2, 0) is 19.6 Å². The zero-order valence-corrected chi connectivity index (χ0v) is 23.4. The number of nitrogens with zero attached hydrogens (tertiary/aromatic N) is 3. The van der Waals surface area contributed by atoms with E-state index >= 15 is 0 Å². The Kier molecular flexibility index (Phi) is 10.3. The van der Waals surface area contributed by atoms with Crippen molar-refractivity contribution in [2.75, 3.05) is 64.6 Å². The molecule has 2 aliphatic heterocycles. The average Bonchev–Trinajstić information content (AvgIpc) is 2.84. The third kappa shape index (κ3) is 6.71. The molecule has 1 aromatic rings. The van der Waals surface area contributed by atoms with Gasteiger partial charge in [-0.1, -0.05) is 13.8 Å². The Balaban J connectivity index is 1.59. The first kappa shape index (κ1) is 28.2. The first-order valence-corrected chi connectivity index (χ1v) is 15.2. The number of thioether (sulfide) groups is 1. The number of piperidine rings is 1. The van der Waals surface area contributed by atoms with Crippen molar-refractivity contribution in [3.05, 3.63) is 23.3 Å². The van der Waals surface area contributed by atoms with Crippen LogP contribution in [0.3, 0.4) is 0 Å². The second-order valence-corrected chi connectivity index (χ2v) is 12.3. The van der Waals surface area contributed by atoms with Crippen LogP contribution in [0.2, 0.25) is 0 Å². The lowest BCUT2D eigenvalue weighted by molar-refractivity contribution is -0.138. The summed E-state index contributed by atoms with van der Waals surface area (Å²) in [6, 6.07) is 3.75. The zero-order valence-electron chi connectivity index (χ0n) is 21.8. The van der Waals surface area contributed by atoms with Gasteiger partial charge in [0.1, 0.15) is 12.4 Å². The summed E-state index contributed by atoms with van der Waals surface area (Å²) in [4.78, 5) is 17.4. The minimum atomic E-state index is -3.70. The van der Waals surface area contributed by atoms with Gasteiger partial charge in [0.05, 0.1) is 24.7 Å². The highest BCUT2D eigenvalue weighted by Gasteiger charge is 2.36. The van der Waals surface area contributed by atoms with Gasteiger partial charge < -0.3 is 19.3 Å². The van der Waals surface area contributed by atoms with Crippen LogP contribution in [0, 0.1) is 13.8 Å². The minimum absolute atomic E-state index is 0.00835. The highest BCUT2D eigenvalue weighted by Crippen LogP contribution is 2.31. The fraction of sp³-hybridized carbons (Fsp3) is 0.720. The van der Waals surface area contributed by atoms with Crippen LogP contribution in [0.1, 0.15) is 37.8 Å². The highest BCUT2D eigenvalue weighted by molar-refractivity contribution is 7.99. The standard InChI is InChI=1S/C25H41N3O5S2/c1-6-26(7-2)21-8-10-27(11-9-21)24(29)17-33-16-22-18-34-13-12-28(22)35(30,31)25-19(3)14-23(32-5)15-20(25)4/h14-15,21-22H,6-13,16-18H2,1-5H3. The topological polar surface area (TPSA) is 79.4 Å². The monoisotopic (exact) mass is 527 g/mol. The largest absolute Gasteiger partial charge is 0.497 e. The average molecular weight is 528 g/mol. The summed E-state index contributed by atoms with van der Waals surface area (Å²) in [6.45, 7) is 12.2. The van der Waals surface area contributed by atoms with Crippen LogP contribution < -0.4 is 4.74 Å². The van der Waals surface area contributed by atoms with Crippen LogP contribution in [0.4, 0.5) is 0 Å². The van der Waals surface area contributed by atoms with E-state index in [9.17, 15) is 13.2 Å². The summed E-state index contributed by atoms with van der Waals surface area (Å²) in [7, 11) is -2.13. The quantitative estimate of drug-likeness (QED) is 0.463. The maximum atomic E-state index is 13.7. The molecular formula is C25H41N3O5S2. The maximum Gasteiger partial charge on any atom is 0.248 e. The molecule has 0 spiro atoms. The molecule has 2 heterocycles. The summed E-state index contributed by atoms with van der Waals surface area (Å²) in [6.07, 6.45) is 1.97. The van der Waals surface area contributed by atoms with E-state index in [2.05, 4.69) is 18.7 Å². The molecule has 0 radical (unpaired) electrons. The van der Waals surface area contributed by atoms with Crippen molar-refractivity contribution in [1.82, 2.24) is 14.1 Å². The van der Waals surface area contributed by atoms with Gasteiger partial charge in [-0.3, -0.25) is 4.79 Å². The summed E-state index contributed by atoms with van der Waals surface area (Å²) in [5, 5.41) is 0. The molecule has 1 atom stereocenters. The molecule has 3 rings (SSSR count). The van der Waals surface area contributed by atoms with Gasteiger partial charge in [0, 0.05) is 37.2 Å². The number of ether oxygens (including phenoxy) is 2. The highest BCUT2D eigenvalue weighted by atomic mass is 32.2. The van der Waals surface area contributed by atoms with E-state index in [4.69, 9.17) is 9.47 Å². The predicted octanol–water partition coefficient (Wildman–Crippen LogP) is 2.77. The molecule has 0 saturated carbocycles. The van der Waals surface area contributed by atoms with E-state index in [1.54, 1.807) is 49.2 Å². The van der Waals surface area contributed by atoms with E-state index in [1.165, 1.54) is 0 Å². The zero-order chi connectivity index (χ0) is 25.6. The molecular weight excluding hydrogens is 486 g/mol. The Morgan fingerprint density at radius 2 is 1.74 bits per heavy atom. The van der Waals surface area contributed by atoms with Crippen molar-refractivity contribution < 1.29 is 22.7 Å². The SMILES string of the molecule is CCN(CC)C1CCN(C(=O)COCC2CSCCN2S(=O)(=O)c2c(C)cc(OC)cc2C)CC1. The molecule has 2 fully saturated rings. The van der Waals surface area contributed by atoms with Gasteiger partial charge in [-0.15, -0.1) is 0 Å². The van der Waals surface area contributed by atoms with Crippen LogP contribution in [0.15, 0.2) is 17.0 Å². The summed E-state index contributed by atoms with van der Waals surface area (Å²) < 4.78 is 40.0. The second kappa shape index (κ2) is 12.8. The third-order valence-electron chi connectivity index (χ3n) is 7.09. The first-order valence-electron chi connectivity index (χ1n) is 12.6. The molecule has 2 aliphatic rings. The number of methoxy groups -OCH3 is 1. The molecule has 0 aromatic heterocycles. The number of likely N-dealkylation sites (tertiary alicyclic amines) is 1. The number of carbonyl (C=O) groups is 1. The van der Waals surface area contributed by atoms with Gasteiger partial charge in [-0.05, 0) is 63.0 Å². The number of carbonyl (C=O) groups excluding carboxylic acids is 1. The number of hydrogen-bond donors (Lipinski definition) is 0. The van der Waals surface area contributed by atoms with Crippen LogP contribution in [0.5, 0.6) is 5.75 Å². The van der Waals surface area contributed by atoms with Crippen LogP contribution in [-0.4, -0.2) is 105 Å². The molecule has 1 amide bonds. The molecule has 8 nitrogen and oxygen atoms in total. The number of hydrogen-bond acceptors (Lipinski definition) is 7. The van der Waals surface area contributed by atoms with E-state index in [0.717, 1.165) is 44.8 Å². The molecule has 1 unspecified atom stereocenters. The van der Waals surface area contributed by atoms with E-state index in [-0.39, 0.29) is 25.2 Å². The fourth-order valence-electron chi connectivity index (χ4n) is 5.23. The van der Waals surface area contributed by atoms with Gasteiger partial charge in [0.15, 0.2) is 0 Å². The molecule has 198 valence electrons. The van der Waals surface area contributed by atoms with Crippen molar-refractivity contribution in [1.29, 1.82) is 0 Å².